The SMILES string of the molecule is CCCC(CC)Oc1ccc(C2=C(c3ccc(N)cc3)CCc3cc(OF)ccc32)cc1. The van der Waals surface area contributed by atoms with Crippen molar-refractivity contribution in [3.05, 3.63) is 89.0 Å². The molecule has 4 rings (SSSR count). The highest BCUT2D eigenvalue weighted by Crippen LogP contribution is 2.42. The molecule has 2 N–H and O–H groups in total. The van der Waals surface area contributed by atoms with Gasteiger partial charge in [0.1, 0.15) is 5.75 Å². The van der Waals surface area contributed by atoms with Gasteiger partial charge in [-0.05, 0) is 95.5 Å². The predicted octanol–water partition coefficient (Wildman–Crippen LogP) is 7.39. The summed E-state index contributed by atoms with van der Waals surface area (Å²) in [4.78, 5) is 3.98. The Labute approximate surface area is 189 Å². The van der Waals surface area contributed by atoms with Crippen LogP contribution < -0.4 is 15.4 Å². The van der Waals surface area contributed by atoms with Crippen LogP contribution in [0.2, 0.25) is 0 Å². The Balaban J connectivity index is 1.77. The van der Waals surface area contributed by atoms with Crippen LogP contribution in [0.15, 0.2) is 66.7 Å². The number of nitrogens with two attached hydrogens (primary N) is 1. The third-order valence-electron chi connectivity index (χ3n) is 6.15. The van der Waals surface area contributed by atoms with Gasteiger partial charge in [-0.15, -0.1) is 0 Å². The summed E-state index contributed by atoms with van der Waals surface area (Å²) in [7, 11) is 0. The number of nitrogen functional groups attached to an aromatic ring is 1. The number of allylic oxidation sites excluding steroid dienone is 1. The minimum atomic E-state index is 0.240. The zero-order valence-electron chi connectivity index (χ0n) is 18.7. The van der Waals surface area contributed by atoms with Gasteiger partial charge in [-0.3, -0.25) is 4.94 Å². The van der Waals surface area contributed by atoms with E-state index in [4.69, 9.17) is 10.5 Å². The molecule has 0 fully saturated rings. The molecule has 0 aromatic heterocycles. The quantitative estimate of drug-likeness (QED) is 0.378. The van der Waals surface area contributed by atoms with Gasteiger partial charge >= 0.3 is 0 Å². The standard InChI is InChI=1S/C28H30FNO2/c1-3-5-23(4-2)31-24-13-8-20(9-14-24)28-26(19-6-11-22(30)12-7-19)16-10-21-18-25(32-29)15-17-27(21)28/h6-9,11-15,17-18,23H,3-5,10,16,30H2,1-2H3. The number of aryl methyl sites for hydroxylation is 1. The van der Waals surface area contributed by atoms with Gasteiger partial charge in [-0.2, -0.15) is 0 Å². The minimum Gasteiger partial charge on any atom is -0.490 e. The van der Waals surface area contributed by atoms with Crippen LogP contribution in [-0.2, 0) is 6.42 Å². The molecule has 0 saturated heterocycles. The van der Waals surface area contributed by atoms with E-state index >= 15 is 0 Å². The summed E-state index contributed by atoms with van der Waals surface area (Å²) in [6.45, 7) is 4.34. The maximum Gasteiger partial charge on any atom is 0.172 e. The Morgan fingerprint density at radius 2 is 1.56 bits per heavy atom. The summed E-state index contributed by atoms with van der Waals surface area (Å²) in [5.41, 5.74) is 13.5. The second-order valence-corrected chi connectivity index (χ2v) is 8.33. The molecule has 1 aliphatic carbocycles. The van der Waals surface area contributed by atoms with Gasteiger partial charge in [0.05, 0.1) is 6.10 Å². The van der Waals surface area contributed by atoms with E-state index in [1.165, 1.54) is 5.57 Å². The third kappa shape index (κ3) is 4.64. The second kappa shape index (κ2) is 9.90. The highest BCUT2D eigenvalue weighted by molar-refractivity contribution is 6.01. The maximum absolute atomic E-state index is 12.8. The average molecular weight is 432 g/mol. The molecule has 4 heteroatoms. The fourth-order valence-electron chi connectivity index (χ4n) is 4.48. The lowest BCUT2D eigenvalue weighted by Gasteiger charge is -2.25. The molecule has 1 atom stereocenters. The molecule has 166 valence electrons. The summed E-state index contributed by atoms with van der Waals surface area (Å²) >= 11 is 0. The fourth-order valence-corrected chi connectivity index (χ4v) is 4.48. The first kappa shape index (κ1) is 21.9. The molecule has 0 radical (unpaired) electrons. The molecule has 0 bridgehead atoms. The molecule has 32 heavy (non-hydrogen) atoms. The molecule has 3 aromatic rings. The molecule has 1 unspecified atom stereocenters. The van der Waals surface area contributed by atoms with E-state index in [1.54, 1.807) is 12.1 Å². The van der Waals surface area contributed by atoms with Crippen LogP contribution in [0.3, 0.4) is 0 Å². The monoisotopic (exact) mass is 431 g/mol. The van der Waals surface area contributed by atoms with E-state index in [2.05, 4.69) is 55.2 Å². The Morgan fingerprint density at radius 1 is 0.875 bits per heavy atom. The first-order valence-electron chi connectivity index (χ1n) is 11.4. The molecule has 3 nitrogen and oxygen atoms in total. The number of fused-ring (bicyclic) bond motifs is 1. The molecular formula is C28H30FNO2. The van der Waals surface area contributed by atoms with Crippen LogP contribution in [0.5, 0.6) is 11.5 Å². The van der Waals surface area contributed by atoms with Gasteiger partial charge in [-0.1, -0.05) is 50.6 Å². The molecular weight excluding hydrogens is 401 g/mol. The lowest BCUT2D eigenvalue weighted by Crippen LogP contribution is -2.14. The Bertz CT molecular complexity index is 1090. The smallest absolute Gasteiger partial charge is 0.172 e. The summed E-state index contributed by atoms with van der Waals surface area (Å²) < 4.78 is 19.0. The zero-order chi connectivity index (χ0) is 22.5. The number of hydrogen-bond donors (Lipinski definition) is 1. The van der Waals surface area contributed by atoms with Crippen LogP contribution in [0.25, 0.3) is 11.1 Å². The minimum absolute atomic E-state index is 0.240. The van der Waals surface area contributed by atoms with Gasteiger partial charge in [-0.25, -0.2) is 0 Å². The van der Waals surface area contributed by atoms with Crippen molar-refractivity contribution in [1.29, 1.82) is 0 Å². The molecule has 0 saturated carbocycles. The first-order valence-corrected chi connectivity index (χ1v) is 11.4. The lowest BCUT2D eigenvalue weighted by molar-refractivity contribution is -0.00629. The van der Waals surface area contributed by atoms with Crippen LogP contribution >= 0.6 is 0 Å². The van der Waals surface area contributed by atoms with Crippen molar-refractivity contribution in [2.75, 3.05) is 5.73 Å². The number of ether oxygens (including phenoxy) is 1. The van der Waals surface area contributed by atoms with E-state index in [0.717, 1.165) is 71.4 Å². The zero-order valence-corrected chi connectivity index (χ0v) is 18.7. The predicted molar refractivity (Wildman–Crippen MR) is 129 cm³/mol. The topological polar surface area (TPSA) is 44.5 Å². The summed E-state index contributed by atoms with van der Waals surface area (Å²) in [6.07, 6.45) is 5.08. The molecule has 0 amide bonds. The van der Waals surface area contributed by atoms with Crippen molar-refractivity contribution in [3.63, 3.8) is 0 Å². The third-order valence-corrected chi connectivity index (χ3v) is 6.15. The van der Waals surface area contributed by atoms with E-state index in [0.29, 0.717) is 0 Å². The van der Waals surface area contributed by atoms with E-state index in [1.807, 2.05) is 18.2 Å². The van der Waals surface area contributed by atoms with Crippen LogP contribution in [0.1, 0.15) is 61.8 Å². The van der Waals surface area contributed by atoms with E-state index < -0.39 is 0 Å². The first-order chi connectivity index (χ1) is 15.6. The van der Waals surface area contributed by atoms with Gasteiger partial charge in [0.25, 0.3) is 0 Å². The molecule has 0 heterocycles. The Morgan fingerprint density at radius 3 is 2.22 bits per heavy atom. The van der Waals surface area contributed by atoms with Crippen molar-refractivity contribution in [3.8, 4) is 11.5 Å². The normalized spacial score (nSPS) is 14.1. The Kier molecular flexibility index (Phi) is 6.79. The van der Waals surface area contributed by atoms with Crippen LogP contribution in [0, 0.1) is 0 Å². The summed E-state index contributed by atoms with van der Waals surface area (Å²) in [5.74, 6) is 1.13. The van der Waals surface area contributed by atoms with Crippen molar-refractivity contribution >= 4 is 16.8 Å². The maximum atomic E-state index is 12.8. The number of benzene rings is 3. The van der Waals surface area contributed by atoms with Crippen molar-refractivity contribution < 1.29 is 14.2 Å². The number of anilines is 1. The van der Waals surface area contributed by atoms with E-state index in [-0.39, 0.29) is 11.9 Å². The van der Waals surface area contributed by atoms with Crippen molar-refractivity contribution in [2.24, 2.45) is 0 Å². The van der Waals surface area contributed by atoms with Gasteiger partial charge in [0.15, 0.2) is 5.75 Å². The Hall–Kier alpha value is -3.27. The average Bonchev–Trinajstić information content (AvgIpc) is 2.83. The van der Waals surface area contributed by atoms with Gasteiger partial charge in [0.2, 0.25) is 0 Å². The van der Waals surface area contributed by atoms with Crippen molar-refractivity contribution in [2.45, 2.75) is 52.1 Å². The molecule has 0 aliphatic heterocycles. The van der Waals surface area contributed by atoms with Crippen LogP contribution in [0.4, 0.5) is 10.2 Å². The molecule has 1 aliphatic rings. The fraction of sp³-hybridized carbons (Fsp3) is 0.286. The number of hydrogen-bond acceptors (Lipinski definition) is 3. The highest BCUT2D eigenvalue weighted by Gasteiger charge is 2.22. The second-order valence-electron chi connectivity index (χ2n) is 8.33. The summed E-state index contributed by atoms with van der Waals surface area (Å²) in [6, 6.07) is 21.8. The van der Waals surface area contributed by atoms with Gasteiger partial charge in [0, 0.05) is 10.2 Å². The van der Waals surface area contributed by atoms with E-state index in [9.17, 15) is 4.53 Å². The van der Waals surface area contributed by atoms with Crippen molar-refractivity contribution in [1.82, 2.24) is 0 Å². The number of rotatable bonds is 8. The molecule has 3 aromatic carbocycles. The lowest BCUT2D eigenvalue weighted by atomic mass is 9.79. The number of halogens is 1. The van der Waals surface area contributed by atoms with Crippen LogP contribution in [-0.4, -0.2) is 6.10 Å². The molecule has 0 spiro atoms. The van der Waals surface area contributed by atoms with Gasteiger partial charge < -0.3 is 10.5 Å². The summed E-state index contributed by atoms with van der Waals surface area (Å²) in [5, 5.41) is 0. The highest BCUT2D eigenvalue weighted by atomic mass is 19.3. The largest absolute Gasteiger partial charge is 0.490 e.